The van der Waals surface area contributed by atoms with E-state index in [0.717, 1.165) is 18.7 Å². The summed E-state index contributed by atoms with van der Waals surface area (Å²) >= 11 is 0. The zero-order valence-corrected chi connectivity index (χ0v) is 16.4. The van der Waals surface area contributed by atoms with Gasteiger partial charge in [-0.3, -0.25) is 4.79 Å². The fraction of sp³-hybridized carbons (Fsp3) is 0.120. The van der Waals surface area contributed by atoms with Gasteiger partial charge in [0.1, 0.15) is 25.0 Å². The molecule has 4 heteroatoms. The second-order valence-corrected chi connectivity index (χ2v) is 7.02. The topological polar surface area (TPSA) is 35.1 Å². The van der Waals surface area contributed by atoms with Gasteiger partial charge < -0.3 is 4.74 Å². The Labute approximate surface area is 170 Å². The average Bonchev–Trinajstić information content (AvgIpc) is 3.12. The summed E-state index contributed by atoms with van der Waals surface area (Å²) in [4.78, 5) is 11.1. The Morgan fingerprint density at radius 2 is 1.52 bits per heavy atom. The highest BCUT2D eigenvalue weighted by molar-refractivity contribution is 5.69. The number of nitrogens with zero attached hydrogens (tertiary/aromatic N) is 2. The third kappa shape index (κ3) is 4.79. The van der Waals surface area contributed by atoms with E-state index in [1.807, 2.05) is 36.4 Å². The van der Waals surface area contributed by atoms with Crippen LogP contribution in [0.15, 0.2) is 97.5 Å². The van der Waals surface area contributed by atoms with E-state index in [0.29, 0.717) is 5.75 Å². The van der Waals surface area contributed by atoms with E-state index in [1.165, 1.54) is 23.7 Å². The Kier molecular flexibility index (Phi) is 5.52. The molecular formula is C25H23N2O2+. The van der Waals surface area contributed by atoms with Crippen molar-refractivity contribution in [2.24, 2.45) is 0 Å². The molecule has 0 saturated heterocycles. The molecule has 0 aliphatic heterocycles. The van der Waals surface area contributed by atoms with E-state index in [1.54, 1.807) is 0 Å². The van der Waals surface area contributed by atoms with E-state index in [9.17, 15) is 4.79 Å². The summed E-state index contributed by atoms with van der Waals surface area (Å²) in [6.07, 6.45) is 4.33. The summed E-state index contributed by atoms with van der Waals surface area (Å²) in [7, 11) is 0. The second kappa shape index (κ2) is 8.57. The average molecular weight is 383 g/mol. The molecule has 1 aromatic heterocycles. The molecule has 144 valence electrons. The van der Waals surface area contributed by atoms with Gasteiger partial charge in [-0.2, -0.15) is 0 Å². The lowest BCUT2D eigenvalue weighted by molar-refractivity contribution is -0.687. The number of rotatable bonds is 6. The van der Waals surface area contributed by atoms with Crippen molar-refractivity contribution in [1.29, 1.82) is 0 Å². The van der Waals surface area contributed by atoms with Crippen LogP contribution in [0, 0.1) is 0 Å². The highest BCUT2D eigenvalue weighted by Gasteiger charge is 2.16. The fourth-order valence-corrected chi connectivity index (χ4v) is 3.39. The number of carbonyl (C=O) groups is 1. The molecule has 0 aliphatic rings. The molecule has 29 heavy (non-hydrogen) atoms. The van der Waals surface area contributed by atoms with Gasteiger partial charge in [0, 0.05) is 12.5 Å². The van der Waals surface area contributed by atoms with Crippen molar-refractivity contribution in [2.75, 3.05) is 0 Å². The first-order valence-corrected chi connectivity index (χ1v) is 9.63. The number of carbonyl (C=O) groups excluding carboxylic acids is 1. The number of hydrogen-bond donors (Lipinski definition) is 0. The highest BCUT2D eigenvalue weighted by Crippen LogP contribution is 2.20. The zero-order chi connectivity index (χ0) is 20.1. The molecule has 0 unspecified atom stereocenters. The minimum atomic E-state index is -0.308. The lowest BCUT2D eigenvalue weighted by atomic mass is 10.1. The van der Waals surface area contributed by atoms with E-state index in [4.69, 9.17) is 4.74 Å². The maximum absolute atomic E-state index is 11.1. The molecule has 0 spiro atoms. The Morgan fingerprint density at radius 1 is 0.862 bits per heavy atom. The Morgan fingerprint density at radius 3 is 2.17 bits per heavy atom. The molecule has 0 atom stereocenters. The molecule has 1 heterocycles. The summed E-state index contributed by atoms with van der Waals surface area (Å²) in [6.45, 7) is 2.95. The number of esters is 1. The van der Waals surface area contributed by atoms with E-state index in [2.05, 4.69) is 70.2 Å². The van der Waals surface area contributed by atoms with Gasteiger partial charge in [0.2, 0.25) is 6.33 Å². The Hall–Kier alpha value is -3.66. The number of ether oxygens (including phenoxy) is 1. The molecule has 3 aromatic carbocycles. The van der Waals surface area contributed by atoms with Gasteiger partial charge in [-0.05, 0) is 23.3 Å². The van der Waals surface area contributed by atoms with Crippen molar-refractivity contribution in [1.82, 2.24) is 4.57 Å². The van der Waals surface area contributed by atoms with Crippen molar-refractivity contribution in [3.8, 4) is 17.0 Å². The van der Waals surface area contributed by atoms with Gasteiger partial charge in [0.05, 0.1) is 0 Å². The van der Waals surface area contributed by atoms with Crippen LogP contribution >= 0.6 is 0 Å². The van der Waals surface area contributed by atoms with Crippen LogP contribution < -0.4 is 9.30 Å². The first-order chi connectivity index (χ1) is 14.2. The van der Waals surface area contributed by atoms with Crippen LogP contribution in [0.5, 0.6) is 5.75 Å². The molecule has 0 fully saturated rings. The number of imidazole rings is 1. The van der Waals surface area contributed by atoms with E-state index < -0.39 is 0 Å². The predicted molar refractivity (Wildman–Crippen MR) is 112 cm³/mol. The largest absolute Gasteiger partial charge is 0.427 e. The fourth-order valence-electron chi connectivity index (χ4n) is 3.39. The van der Waals surface area contributed by atoms with Crippen molar-refractivity contribution < 1.29 is 14.1 Å². The molecule has 0 aliphatic carbocycles. The van der Waals surface area contributed by atoms with Crippen LogP contribution in [0.1, 0.15) is 18.1 Å². The Balaban J connectivity index is 1.61. The lowest BCUT2D eigenvalue weighted by Crippen LogP contribution is -2.31. The first-order valence-electron chi connectivity index (χ1n) is 9.63. The summed E-state index contributed by atoms with van der Waals surface area (Å²) in [5.41, 5.74) is 4.76. The zero-order valence-electron chi connectivity index (χ0n) is 16.4. The molecule has 0 amide bonds. The third-order valence-electron chi connectivity index (χ3n) is 4.70. The minimum absolute atomic E-state index is 0.308. The van der Waals surface area contributed by atoms with Gasteiger partial charge in [-0.1, -0.05) is 72.8 Å². The maximum atomic E-state index is 11.1. The third-order valence-corrected chi connectivity index (χ3v) is 4.70. The summed E-state index contributed by atoms with van der Waals surface area (Å²) in [6, 6.07) is 28.5. The van der Waals surface area contributed by atoms with Crippen LogP contribution in [0.2, 0.25) is 0 Å². The van der Waals surface area contributed by atoms with E-state index in [-0.39, 0.29) is 5.97 Å². The van der Waals surface area contributed by atoms with Crippen LogP contribution in [-0.2, 0) is 17.9 Å². The van der Waals surface area contributed by atoms with Crippen LogP contribution in [0.4, 0.5) is 0 Å². The van der Waals surface area contributed by atoms with E-state index >= 15 is 0 Å². The summed E-state index contributed by atoms with van der Waals surface area (Å²) < 4.78 is 9.58. The normalized spacial score (nSPS) is 10.7. The SMILES string of the molecule is CC(=O)Oc1ccc(C[n+]2cc(-c3ccccc3)n(Cc3ccccc3)c2)cc1. The summed E-state index contributed by atoms with van der Waals surface area (Å²) in [5.74, 6) is 0.260. The standard InChI is InChI=1S/C25H23N2O2/c1-20(28)29-24-14-12-22(13-15-24)16-26-18-25(23-10-6-3-7-11-23)27(19-26)17-21-8-4-2-5-9-21/h2-15,18-19H,16-17H2,1H3/q+1. The van der Waals surface area contributed by atoms with Gasteiger partial charge >= 0.3 is 5.97 Å². The second-order valence-electron chi connectivity index (χ2n) is 7.02. The molecule has 4 rings (SSSR count). The van der Waals surface area contributed by atoms with Gasteiger partial charge in [0.25, 0.3) is 0 Å². The smallest absolute Gasteiger partial charge is 0.308 e. The van der Waals surface area contributed by atoms with Crippen molar-refractivity contribution >= 4 is 5.97 Å². The number of hydrogen-bond acceptors (Lipinski definition) is 2. The number of benzene rings is 3. The summed E-state index contributed by atoms with van der Waals surface area (Å²) in [5, 5.41) is 0. The minimum Gasteiger partial charge on any atom is -0.427 e. The molecule has 0 saturated carbocycles. The van der Waals surface area contributed by atoms with Crippen molar-refractivity contribution in [3.63, 3.8) is 0 Å². The van der Waals surface area contributed by atoms with Gasteiger partial charge in [0.15, 0.2) is 5.69 Å². The number of aromatic nitrogens is 2. The predicted octanol–water partition coefficient (Wildman–Crippen LogP) is 4.46. The van der Waals surface area contributed by atoms with Crippen molar-refractivity contribution in [2.45, 2.75) is 20.0 Å². The van der Waals surface area contributed by atoms with Crippen LogP contribution in [0.25, 0.3) is 11.3 Å². The van der Waals surface area contributed by atoms with Crippen LogP contribution in [-0.4, -0.2) is 10.5 Å². The molecule has 4 aromatic rings. The van der Waals surface area contributed by atoms with Crippen molar-refractivity contribution in [3.05, 3.63) is 109 Å². The monoisotopic (exact) mass is 383 g/mol. The quantitative estimate of drug-likeness (QED) is 0.280. The van der Waals surface area contributed by atoms with Crippen LogP contribution in [0.3, 0.4) is 0 Å². The molecule has 0 N–H and O–H groups in total. The Bertz CT molecular complexity index is 1080. The molecule has 4 nitrogen and oxygen atoms in total. The lowest BCUT2D eigenvalue weighted by Gasteiger charge is -2.02. The highest BCUT2D eigenvalue weighted by atomic mass is 16.5. The van der Waals surface area contributed by atoms with Gasteiger partial charge in [-0.25, -0.2) is 9.13 Å². The maximum Gasteiger partial charge on any atom is 0.308 e. The molecular weight excluding hydrogens is 360 g/mol. The van der Waals surface area contributed by atoms with Gasteiger partial charge in [-0.15, -0.1) is 0 Å². The molecule has 0 radical (unpaired) electrons. The first kappa shape index (κ1) is 18.7. The molecule has 0 bridgehead atoms.